The smallest absolute Gasteiger partial charge is 0.119 e. The largest absolute Gasteiger partial charge is 0.497 e. The minimum absolute atomic E-state index is 0.301. The minimum Gasteiger partial charge on any atom is -0.497 e. The maximum atomic E-state index is 5.54. The highest BCUT2D eigenvalue weighted by molar-refractivity contribution is 6.18. The third-order valence-corrected chi connectivity index (χ3v) is 2.57. The van der Waals surface area contributed by atoms with E-state index in [0.29, 0.717) is 11.9 Å². The van der Waals surface area contributed by atoms with Crippen LogP contribution in [0.4, 0.5) is 0 Å². The van der Waals surface area contributed by atoms with Gasteiger partial charge < -0.3 is 10.1 Å². The summed E-state index contributed by atoms with van der Waals surface area (Å²) in [6, 6.07) is 8.38. The van der Waals surface area contributed by atoms with Crippen LogP contribution in [0.1, 0.15) is 18.5 Å². The highest BCUT2D eigenvalue weighted by atomic mass is 35.5. The molecule has 1 aromatic rings. The highest BCUT2D eigenvalue weighted by Crippen LogP contribution is 2.18. The Morgan fingerprint density at radius 3 is 2.94 bits per heavy atom. The number of halogens is 1. The van der Waals surface area contributed by atoms with Gasteiger partial charge in [-0.15, -0.1) is 11.6 Å². The molecule has 0 radical (unpaired) electrons. The predicted octanol–water partition coefficient (Wildman–Crippen LogP) is 3.14. The van der Waals surface area contributed by atoms with E-state index in [1.165, 1.54) is 5.56 Å². The number of hydrogen-bond acceptors (Lipinski definition) is 2. The van der Waals surface area contributed by atoms with Crippen LogP contribution in [0.3, 0.4) is 0 Å². The summed E-state index contributed by atoms with van der Waals surface area (Å²) in [6.07, 6.45) is 3.97. The Morgan fingerprint density at radius 2 is 2.25 bits per heavy atom. The van der Waals surface area contributed by atoms with Crippen molar-refractivity contribution in [3.63, 3.8) is 0 Å². The van der Waals surface area contributed by atoms with E-state index in [-0.39, 0.29) is 0 Å². The summed E-state index contributed by atoms with van der Waals surface area (Å²) in [5, 5.41) is 3.38. The number of ether oxygens (including phenoxy) is 1. The number of nitrogens with one attached hydrogen (secondary N) is 1. The molecule has 2 nitrogen and oxygen atoms in total. The van der Waals surface area contributed by atoms with Crippen molar-refractivity contribution in [1.29, 1.82) is 0 Å². The van der Waals surface area contributed by atoms with Crippen molar-refractivity contribution in [3.8, 4) is 5.75 Å². The fourth-order valence-electron chi connectivity index (χ4n) is 1.42. The van der Waals surface area contributed by atoms with E-state index in [1.807, 2.05) is 30.4 Å². The molecule has 0 spiro atoms. The molecule has 1 rings (SSSR count). The van der Waals surface area contributed by atoms with E-state index >= 15 is 0 Å². The summed E-state index contributed by atoms with van der Waals surface area (Å²) < 4.78 is 5.19. The molecular weight excluding hydrogens is 222 g/mol. The number of alkyl halides is 1. The van der Waals surface area contributed by atoms with Gasteiger partial charge in [-0.05, 0) is 24.6 Å². The van der Waals surface area contributed by atoms with Crippen molar-refractivity contribution < 1.29 is 4.74 Å². The molecule has 0 unspecified atom stereocenters. The molecule has 1 N–H and O–H groups in total. The molecule has 0 amide bonds. The number of methoxy groups -OCH3 is 1. The lowest BCUT2D eigenvalue weighted by atomic mass is 10.1. The Labute approximate surface area is 102 Å². The van der Waals surface area contributed by atoms with Crippen LogP contribution in [0.25, 0.3) is 0 Å². The molecule has 88 valence electrons. The lowest BCUT2D eigenvalue weighted by molar-refractivity contribution is 0.413. The number of benzene rings is 1. The molecule has 0 aliphatic carbocycles. The first kappa shape index (κ1) is 13.1. The molecule has 16 heavy (non-hydrogen) atoms. The van der Waals surface area contributed by atoms with Gasteiger partial charge in [-0.3, -0.25) is 0 Å². The van der Waals surface area contributed by atoms with E-state index in [9.17, 15) is 0 Å². The first-order chi connectivity index (χ1) is 7.77. The van der Waals surface area contributed by atoms with Crippen molar-refractivity contribution in [2.75, 3.05) is 19.5 Å². The second-order valence-corrected chi connectivity index (χ2v) is 3.84. The molecule has 3 heteroatoms. The second-order valence-electron chi connectivity index (χ2n) is 3.53. The quantitative estimate of drug-likeness (QED) is 0.608. The standard InChI is InChI=1S/C13H18ClNO/c1-11(15-9-4-3-8-14)12-6-5-7-13(10-12)16-2/h3-7,10-11,15H,8-9H2,1-2H3/b4-3+/t11-/m1/s1. The first-order valence-electron chi connectivity index (χ1n) is 5.36. The van der Waals surface area contributed by atoms with Gasteiger partial charge in [0.15, 0.2) is 0 Å². The zero-order valence-electron chi connectivity index (χ0n) is 9.74. The predicted molar refractivity (Wildman–Crippen MR) is 69.3 cm³/mol. The Hall–Kier alpha value is -0.990. The summed E-state index contributed by atoms with van der Waals surface area (Å²) >= 11 is 5.54. The van der Waals surface area contributed by atoms with Crippen LogP contribution < -0.4 is 10.1 Å². The molecule has 0 aliphatic heterocycles. The van der Waals surface area contributed by atoms with E-state index in [2.05, 4.69) is 18.3 Å². The van der Waals surface area contributed by atoms with Crippen molar-refractivity contribution in [2.24, 2.45) is 0 Å². The van der Waals surface area contributed by atoms with Crippen LogP contribution in [0.2, 0.25) is 0 Å². The molecule has 0 saturated carbocycles. The number of hydrogen-bond donors (Lipinski definition) is 1. The molecule has 0 aromatic heterocycles. The Kier molecular flexibility index (Phi) is 5.98. The van der Waals surface area contributed by atoms with Crippen LogP contribution in [0.15, 0.2) is 36.4 Å². The summed E-state index contributed by atoms with van der Waals surface area (Å²) in [5.74, 6) is 1.46. The van der Waals surface area contributed by atoms with Crippen LogP contribution in [0.5, 0.6) is 5.75 Å². The lowest BCUT2D eigenvalue weighted by Crippen LogP contribution is -2.18. The Bertz CT molecular complexity index is 338. The molecule has 1 aromatic carbocycles. The van der Waals surface area contributed by atoms with Gasteiger partial charge in [0, 0.05) is 18.5 Å². The summed E-state index contributed by atoms with van der Waals surface area (Å²) in [5.41, 5.74) is 1.22. The minimum atomic E-state index is 0.301. The molecule has 0 bridgehead atoms. The van der Waals surface area contributed by atoms with Gasteiger partial charge in [0.05, 0.1) is 7.11 Å². The van der Waals surface area contributed by atoms with Crippen molar-refractivity contribution in [1.82, 2.24) is 5.32 Å². The maximum Gasteiger partial charge on any atom is 0.119 e. The van der Waals surface area contributed by atoms with Crippen molar-refractivity contribution in [2.45, 2.75) is 13.0 Å². The van der Waals surface area contributed by atoms with Crippen LogP contribution in [-0.2, 0) is 0 Å². The van der Waals surface area contributed by atoms with Crippen molar-refractivity contribution in [3.05, 3.63) is 42.0 Å². The van der Waals surface area contributed by atoms with E-state index < -0.39 is 0 Å². The molecular formula is C13H18ClNO. The average molecular weight is 240 g/mol. The molecule has 0 aliphatic rings. The second kappa shape index (κ2) is 7.31. The van der Waals surface area contributed by atoms with E-state index in [4.69, 9.17) is 16.3 Å². The molecule has 1 atom stereocenters. The van der Waals surface area contributed by atoms with Gasteiger partial charge in [-0.1, -0.05) is 24.3 Å². The normalized spacial score (nSPS) is 12.9. The fraction of sp³-hybridized carbons (Fsp3) is 0.385. The Morgan fingerprint density at radius 1 is 1.44 bits per heavy atom. The third-order valence-electron chi connectivity index (χ3n) is 2.39. The van der Waals surface area contributed by atoms with Gasteiger partial charge in [-0.2, -0.15) is 0 Å². The topological polar surface area (TPSA) is 21.3 Å². The third kappa shape index (κ3) is 4.25. The fourth-order valence-corrected chi connectivity index (χ4v) is 1.55. The summed E-state index contributed by atoms with van der Waals surface area (Å²) in [6.45, 7) is 2.95. The zero-order valence-corrected chi connectivity index (χ0v) is 10.5. The highest BCUT2D eigenvalue weighted by Gasteiger charge is 2.03. The summed E-state index contributed by atoms with van der Waals surface area (Å²) in [7, 11) is 1.68. The molecule has 0 saturated heterocycles. The first-order valence-corrected chi connectivity index (χ1v) is 5.89. The zero-order chi connectivity index (χ0) is 11.8. The van der Waals surface area contributed by atoms with Gasteiger partial charge in [0.2, 0.25) is 0 Å². The average Bonchev–Trinajstić information content (AvgIpc) is 2.34. The SMILES string of the molecule is COc1cccc([C@@H](C)NC/C=C/CCl)c1. The van der Waals surface area contributed by atoms with Crippen LogP contribution >= 0.6 is 11.6 Å². The van der Waals surface area contributed by atoms with Gasteiger partial charge in [-0.25, -0.2) is 0 Å². The number of allylic oxidation sites excluding steroid dienone is 1. The molecule has 0 heterocycles. The summed E-state index contributed by atoms with van der Waals surface area (Å²) in [4.78, 5) is 0. The Balaban J connectivity index is 2.51. The van der Waals surface area contributed by atoms with Crippen molar-refractivity contribution >= 4 is 11.6 Å². The maximum absolute atomic E-state index is 5.54. The van der Waals surface area contributed by atoms with Gasteiger partial charge in [0.1, 0.15) is 5.75 Å². The number of rotatable bonds is 6. The van der Waals surface area contributed by atoms with E-state index in [1.54, 1.807) is 7.11 Å². The molecule has 0 fully saturated rings. The lowest BCUT2D eigenvalue weighted by Gasteiger charge is -2.13. The van der Waals surface area contributed by atoms with Crippen LogP contribution in [0, 0.1) is 0 Å². The van der Waals surface area contributed by atoms with Gasteiger partial charge >= 0.3 is 0 Å². The van der Waals surface area contributed by atoms with Gasteiger partial charge in [0.25, 0.3) is 0 Å². The van der Waals surface area contributed by atoms with E-state index in [0.717, 1.165) is 12.3 Å². The monoisotopic (exact) mass is 239 g/mol. The van der Waals surface area contributed by atoms with Crippen LogP contribution in [-0.4, -0.2) is 19.5 Å².